The highest BCUT2D eigenvalue weighted by atomic mass is 16.6. The van der Waals surface area contributed by atoms with Crippen molar-refractivity contribution in [3.8, 4) is 22.6 Å². The number of carbonyl (C=O) groups excluding carboxylic acids is 1. The lowest BCUT2D eigenvalue weighted by Gasteiger charge is -2.18. The molecule has 0 unspecified atom stereocenters. The van der Waals surface area contributed by atoms with E-state index in [0.29, 0.717) is 30.4 Å². The number of aryl methyl sites for hydroxylation is 1. The molecule has 4 rings (SSSR count). The van der Waals surface area contributed by atoms with Gasteiger partial charge in [-0.3, -0.25) is 14.5 Å². The SMILES string of the molecule is Cn1cc(-c2ccncc2C=CC(=O)Nc2ccc3c(c2)OCCO3)cn1. The van der Waals surface area contributed by atoms with Crippen LogP contribution in [0.5, 0.6) is 11.5 Å². The number of anilines is 1. The van der Waals surface area contributed by atoms with Gasteiger partial charge in [0.2, 0.25) is 5.91 Å². The molecule has 3 aromatic rings. The lowest BCUT2D eigenvalue weighted by Crippen LogP contribution is -2.16. The normalized spacial score (nSPS) is 12.9. The van der Waals surface area contributed by atoms with E-state index in [1.165, 1.54) is 6.08 Å². The number of pyridine rings is 1. The number of carbonyl (C=O) groups is 1. The van der Waals surface area contributed by atoms with E-state index in [9.17, 15) is 4.79 Å². The van der Waals surface area contributed by atoms with Gasteiger partial charge >= 0.3 is 0 Å². The Bertz CT molecular complexity index is 1010. The molecule has 0 bridgehead atoms. The molecule has 1 aliphatic heterocycles. The average molecular weight is 362 g/mol. The predicted molar refractivity (Wildman–Crippen MR) is 102 cm³/mol. The van der Waals surface area contributed by atoms with Crippen molar-refractivity contribution in [3.05, 3.63) is 60.7 Å². The van der Waals surface area contributed by atoms with Crippen molar-refractivity contribution in [1.82, 2.24) is 14.8 Å². The summed E-state index contributed by atoms with van der Waals surface area (Å²) < 4.78 is 12.7. The fourth-order valence-corrected chi connectivity index (χ4v) is 2.83. The second-order valence-electron chi connectivity index (χ2n) is 6.05. The Kier molecular flexibility index (Phi) is 4.57. The van der Waals surface area contributed by atoms with Crippen molar-refractivity contribution in [1.29, 1.82) is 0 Å². The van der Waals surface area contributed by atoms with Gasteiger partial charge in [-0.2, -0.15) is 5.10 Å². The first kappa shape index (κ1) is 16.8. The molecule has 1 aromatic carbocycles. The van der Waals surface area contributed by atoms with Crippen LogP contribution in [0.25, 0.3) is 17.2 Å². The summed E-state index contributed by atoms with van der Waals surface area (Å²) in [5.74, 6) is 1.08. The molecule has 0 fully saturated rings. The summed E-state index contributed by atoms with van der Waals surface area (Å²) in [4.78, 5) is 16.4. The first-order valence-electron chi connectivity index (χ1n) is 8.51. The third kappa shape index (κ3) is 3.82. The van der Waals surface area contributed by atoms with E-state index >= 15 is 0 Å². The predicted octanol–water partition coefficient (Wildman–Crippen LogP) is 2.91. The zero-order chi connectivity index (χ0) is 18.6. The Balaban J connectivity index is 1.49. The zero-order valence-corrected chi connectivity index (χ0v) is 14.8. The van der Waals surface area contributed by atoms with Gasteiger partial charge in [0.25, 0.3) is 0 Å². The highest BCUT2D eigenvalue weighted by molar-refractivity contribution is 6.02. The molecular weight excluding hydrogens is 344 g/mol. The number of aromatic nitrogens is 3. The number of hydrogen-bond donors (Lipinski definition) is 1. The van der Waals surface area contributed by atoms with Crippen LogP contribution in [-0.2, 0) is 11.8 Å². The summed E-state index contributed by atoms with van der Waals surface area (Å²) in [5.41, 5.74) is 3.41. The van der Waals surface area contributed by atoms with Crippen LogP contribution in [0.15, 0.2) is 55.1 Å². The van der Waals surface area contributed by atoms with E-state index in [1.807, 2.05) is 19.3 Å². The van der Waals surface area contributed by atoms with Crippen molar-refractivity contribution in [2.24, 2.45) is 7.05 Å². The van der Waals surface area contributed by atoms with Crippen molar-refractivity contribution in [2.75, 3.05) is 18.5 Å². The van der Waals surface area contributed by atoms with Crippen LogP contribution in [0.2, 0.25) is 0 Å². The van der Waals surface area contributed by atoms with E-state index in [-0.39, 0.29) is 5.91 Å². The Labute approximate surface area is 156 Å². The Hall–Kier alpha value is -3.61. The summed E-state index contributed by atoms with van der Waals surface area (Å²) in [5, 5.41) is 7.02. The largest absolute Gasteiger partial charge is 0.486 e. The lowest BCUT2D eigenvalue weighted by molar-refractivity contribution is -0.111. The molecule has 0 aliphatic carbocycles. The molecule has 2 aromatic heterocycles. The number of hydrogen-bond acceptors (Lipinski definition) is 5. The Morgan fingerprint density at radius 2 is 2.04 bits per heavy atom. The minimum Gasteiger partial charge on any atom is -0.486 e. The molecule has 7 heteroatoms. The van der Waals surface area contributed by atoms with Crippen LogP contribution >= 0.6 is 0 Å². The molecule has 7 nitrogen and oxygen atoms in total. The van der Waals surface area contributed by atoms with Crippen LogP contribution in [-0.4, -0.2) is 33.9 Å². The highest BCUT2D eigenvalue weighted by Crippen LogP contribution is 2.32. The van der Waals surface area contributed by atoms with Gasteiger partial charge < -0.3 is 14.8 Å². The Morgan fingerprint density at radius 1 is 1.19 bits per heavy atom. The smallest absolute Gasteiger partial charge is 0.248 e. The third-order valence-electron chi connectivity index (χ3n) is 4.09. The second-order valence-corrected chi connectivity index (χ2v) is 6.05. The van der Waals surface area contributed by atoms with Crippen molar-refractivity contribution in [2.45, 2.75) is 0 Å². The summed E-state index contributed by atoms with van der Waals surface area (Å²) in [6.07, 6.45) is 10.4. The molecule has 3 heterocycles. The fourth-order valence-electron chi connectivity index (χ4n) is 2.83. The number of rotatable bonds is 4. The number of ether oxygens (including phenoxy) is 2. The molecule has 1 aliphatic rings. The minimum absolute atomic E-state index is 0.243. The van der Waals surface area contributed by atoms with Crippen LogP contribution in [0.3, 0.4) is 0 Å². The van der Waals surface area contributed by atoms with Gasteiger partial charge in [-0.15, -0.1) is 0 Å². The summed E-state index contributed by atoms with van der Waals surface area (Å²) in [6, 6.07) is 7.22. The quantitative estimate of drug-likeness (QED) is 0.722. The molecule has 0 saturated heterocycles. The van der Waals surface area contributed by atoms with Crippen LogP contribution in [0.4, 0.5) is 5.69 Å². The average Bonchev–Trinajstić information content (AvgIpc) is 3.13. The molecule has 0 atom stereocenters. The third-order valence-corrected chi connectivity index (χ3v) is 4.09. The molecule has 0 spiro atoms. The standard InChI is InChI=1S/C20H18N4O3/c1-24-13-15(12-22-24)17-6-7-21-11-14(17)2-5-20(25)23-16-3-4-18-19(10-16)27-9-8-26-18/h2-7,10-13H,8-9H2,1H3,(H,23,25). The number of benzene rings is 1. The maximum Gasteiger partial charge on any atom is 0.248 e. The number of fused-ring (bicyclic) bond motifs is 1. The highest BCUT2D eigenvalue weighted by Gasteiger charge is 2.12. The van der Waals surface area contributed by atoms with E-state index in [1.54, 1.807) is 47.5 Å². The number of nitrogens with zero attached hydrogens (tertiary/aromatic N) is 3. The van der Waals surface area contributed by atoms with Crippen molar-refractivity contribution >= 4 is 17.7 Å². The van der Waals surface area contributed by atoms with Gasteiger partial charge in [-0.05, 0) is 29.8 Å². The maximum absolute atomic E-state index is 12.3. The van der Waals surface area contributed by atoms with Crippen LogP contribution < -0.4 is 14.8 Å². The Morgan fingerprint density at radius 3 is 2.85 bits per heavy atom. The van der Waals surface area contributed by atoms with E-state index in [4.69, 9.17) is 9.47 Å². The molecule has 136 valence electrons. The van der Waals surface area contributed by atoms with Crippen molar-refractivity contribution in [3.63, 3.8) is 0 Å². The molecule has 1 amide bonds. The summed E-state index contributed by atoms with van der Waals surface area (Å²) in [6.45, 7) is 1.04. The molecular formula is C20H18N4O3. The second kappa shape index (κ2) is 7.33. The first-order valence-corrected chi connectivity index (χ1v) is 8.51. The summed E-state index contributed by atoms with van der Waals surface area (Å²) in [7, 11) is 1.86. The number of nitrogens with one attached hydrogen (secondary N) is 1. The van der Waals surface area contributed by atoms with Gasteiger partial charge in [-0.25, -0.2) is 0 Å². The van der Waals surface area contributed by atoms with Gasteiger partial charge in [0.1, 0.15) is 13.2 Å². The monoisotopic (exact) mass is 362 g/mol. The topological polar surface area (TPSA) is 78.3 Å². The van der Waals surface area contributed by atoms with Gasteiger partial charge in [0.05, 0.1) is 6.20 Å². The van der Waals surface area contributed by atoms with E-state index < -0.39 is 0 Å². The molecule has 0 saturated carbocycles. The van der Waals surface area contributed by atoms with Crippen molar-refractivity contribution < 1.29 is 14.3 Å². The van der Waals surface area contributed by atoms with Crippen LogP contribution in [0.1, 0.15) is 5.56 Å². The van der Waals surface area contributed by atoms with Gasteiger partial charge in [-0.1, -0.05) is 0 Å². The van der Waals surface area contributed by atoms with Gasteiger partial charge in [0, 0.05) is 54.6 Å². The van der Waals surface area contributed by atoms with Crippen LogP contribution in [0, 0.1) is 0 Å². The number of amides is 1. The molecule has 27 heavy (non-hydrogen) atoms. The summed E-state index contributed by atoms with van der Waals surface area (Å²) >= 11 is 0. The van der Waals surface area contributed by atoms with Gasteiger partial charge in [0.15, 0.2) is 11.5 Å². The lowest BCUT2D eigenvalue weighted by atomic mass is 10.0. The zero-order valence-electron chi connectivity index (χ0n) is 14.8. The van der Waals surface area contributed by atoms with E-state index in [0.717, 1.165) is 16.7 Å². The van der Waals surface area contributed by atoms with E-state index in [2.05, 4.69) is 15.4 Å². The fraction of sp³-hybridized carbons (Fsp3) is 0.150. The first-order chi connectivity index (χ1) is 13.2. The molecule has 1 N–H and O–H groups in total. The minimum atomic E-state index is -0.243. The maximum atomic E-state index is 12.3. The molecule has 0 radical (unpaired) electrons.